The summed E-state index contributed by atoms with van der Waals surface area (Å²) in [5.41, 5.74) is 1.32. The molecule has 0 heterocycles. The molecule has 0 nitrogen and oxygen atoms in total. The zero-order valence-electron chi connectivity index (χ0n) is 15.3. The molecule has 0 N–H and O–H groups in total. The maximum Gasteiger partial charge on any atom is -0.0398 e. The van der Waals surface area contributed by atoms with Crippen LogP contribution < -0.4 is 0 Å². The summed E-state index contributed by atoms with van der Waals surface area (Å²) in [6.45, 7) is 10.1. The Balaban J connectivity index is 0. The molecule has 23 heavy (non-hydrogen) atoms. The van der Waals surface area contributed by atoms with E-state index in [-0.39, 0.29) is 0 Å². The summed E-state index contributed by atoms with van der Waals surface area (Å²) in [6.07, 6.45) is 0. The van der Waals surface area contributed by atoms with Crippen LogP contribution in [0.2, 0.25) is 0 Å². The lowest BCUT2D eigenvalue weighted by Crippen LogP contribution is -1.62. The van der Waals surface area contributed by atoms with Crippen molar-refractivity contribution < 1.29 is 0 Å². The molecule has 0 aliphatic rings. The lowest BCUT2D eigenvalue weighted by Gasteiger charge is -1.82. The Morgan fingerprint density at radius 1 is 0.348 bits per heavy atom. The topological polar surface area (TPSA) is 0 Å². The molecule has 0 saturated carbocycles. The van der Waals surface area contributed by atoms with Gasteiger partial charge in [0.2, 0.25) is 0 Å². The van der Waals surface area contributed by atoms with Gasteiger partial charge in [-0.25, -0.2) is 0 Å². The van der Waals surface area contributed by atoms with Gasteiger partial charge in [-0.15, -0.1) is 0 Å². The largest absolute Gasteiger partial charge is 0.0683 e. The van der Waals surface area contributed by atoms with Gasteiger partial charge < -0.3 is 0 Å². The summed E-state index contributed by atoms with van der Waals surface area (Å²) in [5, 5.41) is 0. The molecule has 3 rings (SSSR count). The highest BCUT2D eigenvalue weighted by Gasteiger charge is 1.72. The molecular weight excluding hydrogens is 276 g/mol. The molecule has 0 aromatic heterocycles. The molecule has 0 fully saturated rings. The maximum atomic E-state index is 2.08. The molecule has 0 atom stereocenters. The average Bonchev–Trinajstić information content (AvgIpc) is 2.69. The van der Waals surface area contributed by atoms with Crippen LogP contribution >= 0.6 is 0 Å². The van der Waals surface area contributed by atoms with Gasteiger partial charge >= 0.3 is 0 Å². The lowest BCUT2D eigenvalue weighted by atomic mass is 10.2. The molecule has 0 heteroatoms. The normalized spacial score (nSPS) is 7.35. The van der Waals surface area contributed by atoms with Gasteiger partial charge in [0.25, 0.3) is 0 Å². The summed E-state index contributed by atoms with van der Waals surface area (Å²) in [7, 11) is 0. The second-order valence-corrected chi connectivity index (χ2v) is 3.96. The third-order valence-electron chi connectivity index (χ3n) is 2.27. The molecule has 0 amide bonds. The minimum atomic E-state index is 1.32. The van der Waals surface area contributed by atoms with Gasteiger partial charge in [0, 0.05) is 0 Å². The molecule has 3 aromatic rings. The van der Waals surface area contributed by atoms with E-state index < -0.39 is 0 Å². The Kier molecular flexibility index (Phi) is 21.9. The first kappa shape index (κ1) is 22.9. The summed E-state index contributed by atoms with van der Waals surface area (Å²) in [6, 6.07) is 34.3. The molecule has 3 aromatic carbocycles. The number of hydrogen-bond acceptors (Lipinski definition) is 0. The molecular formula is C23H32. The third kappa shape index (κ3) is 19.7. The zero-order valence-corrected chi connectivity index (χ0v) is 15.3. The Bertz CT molecular complexity index is 401. The molecule has 124 valence electrons. The predicted molar refractivity (Wildman–Crippen MR) is 107 cm³/mol. The maximum absolute atomic E-state index is 2.08. The Labute approximate surface area is 143 Å². The summed E-state index contributed by atoms with van der Waals surface area (Å²) in [4.78, 5) is 0. The minimum Gasteiger partial charge on any atom is -0.0683 e. The van der Waals surface area contributed by atoms with Crippen LogP contribution in [0.1, 0.15) is 33.3 Å². The van der Waals surface area contributed by atoms with E-state index in [1.807, 2.05) is 119 Å². The van der Waals surface area contributed by atoms with E-state index in [4.69, 9.17) is 0 Å². The average molecular weight is 309 g/mol. The van der Waals surface area contributed by atoms with E-state index in [0.717, 1.165) is 0 Å². The van der Waals surface area contributed by atoms with Crippen molar-refractivity contribution in [2.45, 2.75) is 34.6 Å². The summed E-state index contributed by atoms with van der Waals surface area (Å²) < 4.78 is 0. The standard InChI is InChI=1S/C7H8.2C6H6.2C2H6/c1-7-5-3-2-4-6-7;2*1-2-4-6-5-3-1;2*1-2/h2-6H,1H3;2*1-6H;2*1-2H3. The number of aryl methyl sites for hydroxylation is 1. The van der Waals surface area contributed by atoms with Crippen molar-refractivity contribution in [2.75, 3.05) is 0 Å². The van der Waals surface area contributed by atoms with Crippen LogP contribution in [-0.2, 0) is 0 Å². The quantitative estimate of drug-likeness (QED) is 0.405. The number of hydrogen-bond donors (Lipinski definition) is 0. The third-order valence-corrected chi connectivity index (χ3v) is 2.27. The smallest absolute Gasteiger partial charge is 0.0398 e. The molecule has 0 radical (unpaired) electrons. The highest BCUT2D eigenvalue weighted by molar-refractivity contribution is 5.11. The monoisotopic (exact) mass is 308 g/mol. The van der Waals surface area contributed by atoms with Gasteiger partial charge in [0.05, 0.1) is 0 Å². The molecule has 0 unspecified atom stereocenters. The van der Waals surface area contributed by atoms with Crippen molar-refractivity contribution in [1.82, 2.24) is 0 Å². The molecule has 0 aliphatic carbocycles. The second-order valence-electron chi connectivity index (χ2n) is 3.96. The van der Waals surface area contributed by atoms with Crippen molar-refractivity contribution in [3.8, 4) is 0 Å². The fraction of sp³-hybridized carbons (Fsp3) is 0.217. The first-order valence-corrected chi connectivity index (χ1v) is 8.41. The number of benzene rings is 3. The lowest BCUT2D eigenvalue weighted by molar-refractivity contribution is 1.48. The Morgan fingerprint density at radius 3 is 0.652 bits per heavy atom. The fourth-order valence-corrected chi connectivity index (χ4v) is 1.30. The van der Waals surface area contributed by atoms with Crippen molar-refractivity contribution >= 4 is 0 Å². The van der Waals surface area contributed by atoms with E-state index in [0.29, 0.717) is 0 Å². The van der Waals surface area contributed by atoms with Gasteiger partial charge in [0.15, 0.2) is 0 Å². The Morgan fingerprint density at radius 2 is 0.522 bits per heavy atom. The number of rotatable bonds is 0. The second kappa shape index (κ2) is 21.9. The first-order valence-electron chi connectivity index (χ1n) is 8.41. The van der Waals surface area contributed by atoms with Crippen LogP contribution in [0.3, 0.4) is 0 Å². The molecule has 0 saturated heterocycles. The van der Waals surface area contributed by atoms with Crippen LogP contribution in [-0.4, -0.2) is 0 Å². The summed E-state index contributed by atoms with van der Waals surface area (Å²) >= 11 is 0. The van der Waals surface area contributed by atoms with Crippen LogP contribution in [0.25, 0.3) is 0 Å². The van der Waals surface area contributed by atoms with Gasteiger partial charge in [-0.05, 0) is 6.92 Å². The van der Waals surface area contributed by atoms with Gasteiger partial charge in [-0.1, -0.05) is 136 Å². The SMILES string of the molecule is CC.CC.Cc1ccccc1.c1ccccc1.c1ccccc1. The van der Waals surface area contributed by atoms with E-state index >= 15 is 0 Å². The van der Waals surface area contributed by atoms with Crippen molar-refractivity contribution in [3.63, 3.8) is 0 Å². The zero-order chi connectivity index (χ0) is 17.6. The van der Waals surface area contributed by atoms with Crippen LogP contribution in [0, 0.1) is 6.92 Å². The van der Waals surface area contributed by atoms with E-state index in [1.165, 1.54) is 5.56 Å². The summed E-state index contributed by atoms with van der Waals surface area (Å²) in [5.74, 6) is 0. The van der Waals surface area contributed by atoms with E-state index in [9.17, 15) is 0 Å². The van der Waals surface area contributed by atoms with Crippen molar-refractivity contribution in [2.24, 2.45) is 0 Å². The molecule has 0 bridgehead atoms. The highest BCUT2D eigenvalue weighted by atomic mass is 13.8. The molecule has 0 aliphatic heterocycles. The van der Waals surface area contributed by atoms with Gasteiger partial charge in [-0.2, -0.15) is 0 Å². The van der Waals surface area contributed by atoms with Gasteiger partial charge in [0.1, 0.15) is 0 Å². The Hall–Kier alpha value is -2.34. The van der Waals surface area contributed by atoms with Gasteiger partial charge in [-0.3, -0.25) is 0 Å². The van der Waals surface area contributed by atoms with E-state index in [2.05, 4.69) is 19.1 Å². The van der Waals surface area contributed by atoms with Crippen molar-refractivity contribution in [1.29, 1.82) is 0 Å². The predicted octanol–water partition coefficient (Wildman–Crippen LogP) is 7.42. The van der Waals surface area contributed by atoms with Crippen molar-refractivity contribution in [3.05, 3.63) is 109 Å². The highest BCUT2D eigenvalue weighted by Crippen LogP contribution is 1.92. The first-order chi connectivity index (χ1) is 11.4. The van der Waals surface area contributed by atoms with Crippen LogP contribution in [0.15, 0.2) is 103 Å². The minimum absolute atomic E-state index is 1.32. The van der Waals surface area contributed by atoms with Crippen LogP contribution in [0.4, 0.5) is 0 Å². The molecule has 0 spiro atoms. The fourth-order valence-electron chi connectivity index (χ4n) is 1.30. The van der Waals surface area contributed by atoms with Crippen LogP contribution in [0.5, 0.6) is 0 Å². The van der Waals surface area contributed by atoms with E-state index in [1.54, 1.807) is 0 Å².